The molecule has 0 aliphatic heterocycles. The monoisotopic (exact) mass is 368 g/mol. The van der Waals surface area contributed by atoms with E-state index >= 15 is 0 Å². The molecule has 0 aromatic carbocycles. The molecule has 8 nitrogen and oxygen atoms in total. The van der Waals surface area contributed by atoms with Gasteiger partial charge in [-0.25, -0.2) is 14.6 Å². The molecule has 0 bridgehead atoms. The lowest BCUT2D eigenvalue weighted by molar-refractivity contribution is 0.0528. The summed E-state index contributed by atoms with van der Waals surface area (Å²) >= 11 is 0. The Balaban J connectivity index is 2.42. The van der Waals surface area contributed by atoms with Crippen LogP contribution in [0.5, 0.6) is 0 Å². The Morgan fingerprint density at radius 2 is 1.96 bits per heavy atom. The lowest BCUT2D eigenvalue weighted by Crippen LogP contribution is -2.33. The summed E-state index contributed by atoms with van der Waals surface area (Å²) in [4.78, 5) is 48.2. The lowest BCUT2D eigenvalue weighted by Gasteiger charge is -2.14. The zero-order valence-electron chi connectivity index (χ0n) is 15.4. The molecule has 0 spiro atoms. The molecule has 0 fully saturated rings. The van der Waals surface area contributed by atoms with E-state index in [0.29, 0.717) is 17.8 Å². The highest BCUT2D eigenvalue weighted by molar-refractivity contribution is 6.03. The third-order valence-electron chi connectivity index (χ3n) is 3.97. The summed E-state index contributed by atoms with van der Waals surface area (Å²) in [5.41, 5.74) is 0.182. The lowest BCUT2D eigenvalue weighted by atomic mass is 10.1. The van der Waals surface area contributed by atoms with Crippen molar-refractivity contribution < 1.29 is 9.53 Å². The van der Waals surface area contributed by atoms with E-state index in [0.717, 1.165) is 0 Å². The van der Waals surface area contributed by atoms with Gasteiger partial charge in [-0.2, -0.15) is 0 Å². The SMILES string of the molecule is CCOC(=O)c1cc(-c2ccncc2)nc2c1c(=O)[nH]c(=O)n2CC(C)C. The number of carbonyl (C=O) groups is 1. The topological polar surface area (TPSA) is 107 Å². The van der Waals surface area contributed by atoms with Crippen molar-refractivity contribution in [3.8, 4) is 11.3 Å². The van der Waals surface area contributed by atoms with E-state index in [1.54, 1.807) is 31.5 Å². The average molecular weight is 368 g/mol. The predicted octanol–water partition coefficient (Wildman–Crippen LogP) is 1.98. The Kier molecular flexibility index (Phi) is 5.16. The molecular formula is C19H20N4O4. The second kappa shape index (κ2) is 7.53. The number of aromatic nitrogens is 4. The summed E-state index contributed by atoms with van der Waals surface area (Å²) < 4.78 is 6.50. The molecule has 0 saturated carbocycles. The fourth-order valence-electron chi connectivity index (χ4n) is 2.85. The van der Waals surface area contributed by atoms with Gasteiger partial charge in [-0.1, -0.05) is 13.8 Å². The highest BCUT2D eigenvalue weighted by Crippen LogP contribution is 2.23. The maximum atomic E-state index is 12.5. The summed E-state index contributed by atoms with van der Waals surface area (Å²) in [6.07, 6.45) is 3.20. The third kappa shape index (κ3) is 3.64. The molecule has 3 heterocycles. The molecule has 0 atom stereocenters. The molecular weight excluding hydrogens is 348 g/mol. The van der Waals surface area contributed by atoms with Crippen LogP contribution in [0.3, 0.4) is 0 Å². The zero-order chi connectivity index (χ0) is 19.6. The molecule has 27 heavy (non-hydrogen) atoms. The van der Waals surface area contributed by atoms with Gasteiger partial charge in [-0.15, -0.1) is 0 Å². The molecule has 0 aliphatic rings. The Bertz CT molecular complexity index is 1100. The van der Waals surface area contributed by atoms with Gasteiger partial charge in [0.1, 0.15) is 0 Å². The minimum atomic E-state index is -0.660. The number of aromatic amines is 1. The minimum Gasteiger partial charge on any atom is -0.462 e. The van der Waals surface area contributed by atoms with Gasteiger partial charge >= 0.3 is 11.7 Å². The number of esters is 1. The van der Waals surface area contributed by atoms with Gasteiger partial charge in [0, 0.05) is 24.5 Å². The van der Waals surface area contributed by atoms with Gasteiger partial charge in [0.25, 0.3) is 5.56 Å². The second-order valence-electron chi connectivity index (χ2n) is 6.47. The van der Waals surface area contributed by atoms with E-state index in [-0.39, 0.29) is 29.1 Å². The summed E-state index contributed by atoms with van der Waals surface area (Å²) in [7, 11) is 0. The van der Waals surface area contributed by atoms with E-state index < -0.39 is 17.2 Å². The van der Waals surface area contributed by atoms with Crippen molar-refractivity contribution in [2.75, 3.05) is 6.61 Å². The van der Waals surface area contributed by atoms with Crippen molar-refractivity contribution in [2.45, 2.75) is 27.3 Å². The van der Waals surface area contributed by atoms with Crippen molar-refractivity contribution in [3.63, 3.8) is 0 Å². The molecule has 0 aliphatic carbocycles. The maximum absolute atomic E-state index is 12.5. The standard InChI is InChI=1S/C19H20N4O4/c1-4-27-18(25)13-9-14(12-5-7-20-8-6-12)21-16-15(13)17(24)22-19(26)23(16)10-11(2)3/h5-9,11H,4,10H2,1-3H3,(H,22,24,26). The summed E-state index contributed by atoms with van der Waals surface area (Å²) in [6.45, 7) is 6.09. The van der Waals surface area contributed by atoms with E-state index in [1.807, 2.05) is 13.8 Å². The molecule has 0 saturated heterocycles. The first-order valence-electron chi connectivity index (χ1n) is 8.67. The van der Waals surface area contributed by atoms with E-state index in [4.69, 9.17) is 4.74 Å². The molecule has 0 unspecified atom stereocenters. The number of rotatable bonds is 5. The molecule has 0 radical (unpaired) electrons. The van der Waals surface area contributed by atoms with Gasteiger partial charge in [0.05, 0.1) is 23.3 Å². The van der Waals surface area contributed by atoms with Crippen LogP contribution in [0.2, 0.25) is 0 Å². The molecule has 8 heteroatoms. The Morgan fingerprint density at radius 3 is 2.59 bits per heavy atom. The number of carbonyl (C=O) groups excluding carboxylic acids is 1. The largest absolute Gasteiger partial charge is 0.462 e. The van der Waals surface area contributed by atoms with Crippen LogP contribution in [0.4, 0.5) is 0 Å². The first-order valence-corrected chi connectivity index (χ1v) is 8.67. The van der Waals surface area contributed by atoms with E-state index in [9.17, 15) is 14.4 Å². The van der Waals surface area contributed by atoms with Crippen molar-refractivity contribution in [1.29, 1.82) is 0 Å². The highest BCUT2D eigenvalue weighted by atomic mass is 16.5. The molecule has 3 rings (SSSR count). The van der Waals surface area contributed by atoms with Gasteiger partial charge in [0.15, 0.2) is 5.65 Å². The number of hydrogen-bond acceptors (Lipinski definition) is 6. The van der Waals surface area contributed by atoms with Crippen LogP contribution in [0.15, 0.2) is 40.2 Å². The van der Waals surface area contributed by atoms with Crippen molar-refractivity contribution in [3.05, 3.63) is 57.0 Å². The number of hydrogen-bond donors (Lipinski definition) is 1. The van der Waals surface area contributed by atoms with Crippen molar-refractivity contribution in [2.24, 2.45) is 5.92 Å². The Hall–Kier alpha value is -3.29. The van der Waals surface area contributed by atoms with Crippen LogP contribution in [0.25, 0.3) is 22.3 Å². The number of nitrogens with zero attached hydrogens (tertiary/aromatic N) is 3. The number of H-pyrrole nitrogens is 1. The molecule has 3 aromatic rings. The maximum Gasteiger partial charge on any atom is 0.339 e. The number of nitrogens with one attached hydrogen (secondary N) is 1. The fraction of sp³-hybridized carbons (Fsp3) is 0.316. The smallest absolute Gasteiger partial charge is 0.339 e. The van der Waals surface area contributed by atoms with Crippen LogP contribution >= 0.6 is 0 Å². The zero-order valence-corrected chi connectivity index (χ0v) is 15.4. The van der Waals surface area contributed by atoms with Crippen LogP contribution in [-0.2, 0) is 11.3 Å². The second-order valence-corrected chi connectivity index (χ2v) is 6.47. The summed E-state index contributed by atoms with van der Waals surface area (Å²) in [6, 6.07) is 4.98. The third-order valence-corrected chi connectivity index (χ3v) is 3.97. The predicted molar refractivity (Wildman–Crippen MR) is 101 cm³/mol. The van der Waals surface area contributed by atoms with Crippen LogP contribution in [-0.4, -0.2) is 32.1 Å². The molecule has 0 amide bonds. The Labute approximate surface area is 154 Å². The first kappa shape index (κ1) is 18.5. The first-order chi connectivity index (χ1) is 12.9. The van der Waals surface area contributed by atoms with Gasteiger partial charge in [0.2, 0.25) is 0 Å². The van der Waals surface area contributed by atoms with E-state index in [1.165, 1.54) is 10.6 Å². The van der Waals surface area contributed by atoms with Crippen LogP contribution in [0, 0.1) is 5.92 Å². The van der Waals surface area contributed by atoms with Gasteiger partial charge in [-0.3, -0.25) is 19.3 Å². The number of ether oxygens (including phenoxy) is 1. The van der Waals surface area contributed by atoms with Gasteiger partial charge in [-0.05, 0) is 31.0 Å². The van der Waals surface area contributed by atoms with Crippen LogP contribution in [0.1, 0.15) is 31.1 Å². The van der Waals surface area contributed by atoms with Crippen molar-refractivity contribution >= 4 is 17.0 Å². The fourth-order valence-corrected chi connectivity index (χ4v) is 2.85. The number of fused-ring (bicyclic) bond motifs is 1. The average Bonchev–Trinajstić information content (AvgIpc) is 2.64. The number of pyridine rings is 2. The molecule has 140 valence electrons. The summed E-state index contributed by atoms with van der Waals surface area (Å²) in [5, 5.41) is 0.0477. The Morgan fingerprint density at radius 1 is 1.26 bits per heavy atom. The highest BCUT2D eigenvalue weighted by Gasteiger charge is 2.21. The van der Waals surface area contributed by atoms with Crippen LogP contribution < -0.4 is 11.2 Å². The molecule has 3 aromatic heterocycles. The summed E-state index contributed by atoms with van der Waals surface area (Å²) in [5.74, 6) is -0.505. The van der Waals surface area contributed by atoms with E-state index in [2.05, 4.69) is 15.0 Å². The molecule has 1 N–H and O–H groups in total. The normalized spacial score (nSPS) is 11.1. The van der Waals surface area contributed by atoms with Gasteiger partial charge < -0.3 is 4.74 Å². The quantitative estimate of drug-likeness (QED) is 0.690. The minimum absolute atomic E-state index is 0.0477. The van der Waals surface area contributed by atoms with Crippen molar-refractivity contribution in [1.82, 2.24) is 19.5 Å².